The molecule has 3 aromatic carbocycles. The maximum absolute atomic E-state index is 13.1. The topological polar surface area (TPSA) is 128 Å². The molecule has 1 aliphatic carbocycles. The van der Waals surface area contributed by atoms with Crippen molar-refractivity contribution in [3.8, 4) is 5.75 Å². The Morgan fingerprint density at radius 3 is 2.17 bits per heavy atom. The lowest BCUT2D eigenvalue weighted by Gasteiger charge is -2.21. The molecule has 0 aromatic heterocycles. The van der Waals surface area contributed by atoms with Gasteiger partial charge in [0.25, 0.3) is 11.8 Å². The van der Waals surface area contributed by atoms with Crippen LogP contribution in [-0.4, -0.2) is 48.6 Å². The van der Waals surface area contributed by atoms with Gasteiger partial charge in [-0.2, -0.15) is 0 Å². The first-order chi connectivity index (χ1) is 17.3. The Bertz CT molecular complexity index is 1350. The van der Waals surface area contributed by atoms with Crippen molar-refractivity contribution in [1.82, 2.24) is 5.32 Å². The first-order valence-electron chi connectivity index (χ1n) is 11.1. The monoisotopic (exact) mass is 486 g/mol. The molecule has 9 nitrogen and oxygen atoms in total. The van der Waals surface area contributed by atoms with Gasteiger partial charge in [-0.1, -0.05) is 54.6 Å². The van der Waals surface area contributed by atoms with Crippen molar-refractivity contribution in [2.45, 2.75) is 13.0 Å². The highest BCUT2D eigenvalue weighted by Crippen LogP contribution is 2.32. The first kappa shape index (κ1) is 24.3. The molecule has 0 spiro atoms. The maximum Gasteiger partial charge on any atom is 0.326 e. The van der Waals surface area contributed by atoms with Crippen molar-refractivity contribution in [2.75, 3.05) is 18.5 Å². The minimum absolute atomic E-state index is 0.0822. The second-order valence-corrected chi connectivity index (χ2v) is 7.93. The second kappa shape index (κ2) is 10.6. The number of nitrogens with one attached hydrogen (secondary N) is 2. The van der Waals surface area contributed by atoms with Crippen LogP contribution in [-0.2, 0) is 19.1 Å². The van der Waals surface area contributed by atoms with Crippen LogP contribution < -0.4 is 15.4 Å². The Hall–Kier alpha value is -4.79. The number of carbonyl (C=O) groups is 5. The van der Waals surface area contributed by atoms with Gasteiger partial charge in [0.15, 0.2) is 24.3 Å². The number of para-hydroxylation sites is 1. The van der Waals surface area contributed by atoms with Gasteiger partial charge in [-0.3, -0.25) is 24.0 Å². The number of fused-ring (bicyclic) bond motifs is 2. The van der Waals surface area contributed by atoms with Gasteiger partial charge in [0.1, 0.15) is 12.3 Å². The molecule has 1 unspecified atom stereocenters. The van der Waals surface area contributed by atoms with E-state index in [0.29, 0.717) is 11.3 Å². The van der Waals surface area contributed by atoms with Crippen LogP contribution in [0.5, 0.6) is 5.75 Å². The summed E-state index contributed by atoms with van der Waals surface area (Å²) >= 11 is 0. The molecule has 0 aliphatic heterocycles. The van der Waals surface area contributed by atoms with E-state index in [1.54, 1.807) is 54.6 Å². The number of hydrogen-bond acceptors (Lipinski definition) is 7. The van der Waals surface area contributed by atoms with Crippen LogP contribution in [0.15, 0.2) is 72.8 Å². The highest BCUT2D eigenvalue weighted by molar-refractivity contribution is 6.30. The van der Waals surface area contributed by atoms with Crippen LogP contribution >= 0.6 is 0 Å². The van der Waals surface area contributed by atoms with Crippen LogP contribution in [0.25, 0.3) is 0 Å². The molecular weight excluding hydrogens is 464 g/mol. The Morgan fingerprint density at radius 1 is 0.806 bits per heavy atom. The number of ketones is 2. The van der Waals surface area contributed by atoms with Crippen molar-refractivity contribution >= 4 is 35.0 Å². The molecular formula is C27H22N2O7. The molecule has 4 rings (SSSR count). The van der Waals surface area contributed by atoms with Gasteiger partial charge in [-0.15, -0.1) is 0 Å². The lowest BCUT2D eigenvalue weighted by Crippen LogP contribution is -2.37. The van der Waals surface area contributed by atoms with E-state index in [1.165, 1.54) is 19.1 Å². The summed E-state index contributed by atoms with van der Waals surface area (Å²) in [6.07, 6.45) is -1.23. The van der Waals surface area contributed by atoms with Crippen molar-refractivity contribution in [3.63, 3.8) is 0 Å². The number of anilines is 1. The summed E-state index contributed by atoms with van der Waals surface area (Å²) < 4.78 is 10.4. The molecule has 3 aromatic rings. The Balaban J connectivity index is 1.33. The van der Waals surface area contributed by atoms with E-state index < -0.39 is 30.4 Å². The predicted octanol–water partition coefficient (Wildman–Crippen LogP) is 2.53. The van der Waals surface area contributed by atoms with E-state index in [2.05, 4.69) is 10.6 Å². The normalized spacial score (nSPS) is 12.6. The van der Waals surface area contributed by atoms with Gasteiger partial charge < -0.3 is 20.1 Å². The van der Waals surface area contributed by atoms with Crippen LogP contribution in [0, 0.1) is 0 Å². The van der Waals surface area contributed by atoms with Crippen LogP contribution in [0.2, 0.25) is 0 Å². The zero-order chi connectivity index (χ0) is 25.7. The van der Waals surface area contributed by atoms with Gasteiger partial charge >= 0.3 is 5.97 Å². The minimum Gasteiger partial charge on any atom is -0.484 e. The molecule has 1 atom stereocenters. The summed E-state index contributed by atoms with van der Waals surface area (Å²) in [6, 6.07) is 19.7. The lowest BCUT2D eigenvalue weighted by atomic mass is 9.83. The largest absolute Gasteiger partial charge is 0.484 e. The quantitative estimate of drug-likeness (QED) is 0.366. The van der Waals surface area contributed by atoms with Gasteiger partial charge in [-0.25, -0.2) is 0 Å². The SMILES string of the molecule is CC(OC(=O)CNC(=O)COc1ccccc1)C(=O)Nc1cccc2c1C(=O)c1ccccc1C2=O. The molecule has 0 fully saturated rings. The van der Waals surface area contributed by atoms with Gasteiger partial charge in [0.05, 0.1) is 11.3 Å². The number of benzene rings is 3. The summed E-state index contributed by atoms with van der Waals surface area (Å²) in [4.78, 5) is 62.6. The number of rotatable bonds is 8. The lowest BCUT2D eigenvalue weighted by molar-refractivity contribution is -0.152. The highest BCUT2D eigenvalue weighted by atomic mass is 16.5. The fourth-order valence-electron chi connectivity index (χ4n) is 3.66. The van der Waals surface area contributed by atoms with Gasteiger partial charge in [0.2, 0.25) is 0 Å². The summed E-state index contributed by atoms with van der Waals surface area (Å²) in [6.45, 7) is 0.604. The third-order valence-electron chi connectivity index (χ3n) is 5.43. The molecule has 0 bridgehead atoms. The zero-order valence-electron chi connectivity index (χ0n) is 19.3. The molecule has 0 saturated heterocycles. The first-order valence-corrected chi connectivity index (χ1v) is 11.1. The zero-order valence-corrected chi connectivity index (χ0v) is 19.3. The molecule has 2 amide bonds. The summed E-state index contributed by atoms with van der Waals surface area (Å²) in [5.41, 5.74) is 0.958. The number of hydrogen-bond donors (Lipinski definition) is 2. The van der Waals surface area contributed by atoms with Crippen molar-refractivity contribution in [1.29, 1.82) is 0 Å². The molecule has 2 N–H and O–H groups in total. The summed E-state index contributed by atoms with van der Waals surface area (Å²) in [5.74, 6) is -2.26. The molecule has 0 heterocycles. The molecule has 9 heteroatoms. The number of carbonyl (C=O) groups excluding carboxylic acids is 5. The van der Waals surface area contributed by atoms with E-state index in [4.69, 9.17) is 9.47 Å². The Morgan fingerprint density at radius 2 is 1.44 bits per heavy atom. The molecule has 1 aliphatic rings. The molecule has 36 heavy (non-hydrogen) atoms. The van der Waals surface area contributed by atoms with Crippen LogP contribution in [0.4, 0.5) is 5.69 Å². The predicted molar refractivity (Wildman–Crippen MR) is 129 cm³/mol. The fraction of sp³-hybridized carbons (Fsp3) is 0.148. The van der Waals surface area contributed by atoms with Crippen molar-refractivity contribution in [2.24, 2.45) is 0 Å². The number of ether oxygens (including phenoxy) is 2. The average molecular weight is 486 g/mol. The number of amides is 2. The van der Waals surface area contributed by atoms with Gasteiger partial charge in [-0.05, 0) is 25.1 Å². The Kier molecular flexibility index (Phi) is 7.20. The maximum atomic E-state index is 13.1. The molecule has 0 saturated carbocycles. The third kappa shape index (κ3) is 5.30. The van der Waals surface area contributed by atoms with E-state index >= 15 is 0 Å². The van der Waals surface area contributed by atoms with Crippen molar-refractivity contribution < 1.29 is 33.4 Å². The highest BCUT2D eigenvalue weighted by Gasteiger charge is 2.32. The standard InChI is InChI=1S/C27H22N2O7/c1-16(36-23(31)14-28-22(30)15-35-17-8-3-2-4-9-17)27(34)29-21-13-7-12-20-24(21)26(33)19-11-6-5-10-18(19)25(20)32/h2-13,16H,14-15H2,1H3,(H,28,30)(H,29,34). The second-order valence-electron chi connectivity index (χ2n) is 7.93. The summed E-state index contributed by atoms with van der Waals surface area (Å²) in [5, 5.41) is 4.92. The Labute approximate surface area is 206 Å². The molecule has 182 valence electrons. The minimum atomic E-state index is -1.23. The smallest absolute Gasteiger partial charge is 0.326 e. The van der Waals surface area contributed by atoms with Crippen molar-refractivity contribution in [3.05, 3.63) is 95.1 Å². The van der Waals surface area contributed by atoms with E-state index in [0.717, 1.165) is 0 Å². The van der Waals surface area contributed by atoms with E-state index in [-0.39, 0.29) is 40.6 Å². The summed E-state index contributed by atoms with van der Waals surface area (Å²) in [7, 11) is 0. The van der Waals surface area contributed by atoms with E-state index in [9.17, 15) is 24.0 Å². The van der Waals surface area contributed by atoms with Crippen LogP contribution in [0.1, 0.15) is 38.8 Å². The van der Waals surface area contributed by atoms with Gasteiger partial charge in [0, 0.05) is 16.7 Å². The van der Waals surface area contributed by atoms with E-state index in [1.807, 2.05) is 6.07 Å². The van der Waals surface area contributed by atoms with Crippen LogP contribution in [0.3, 0.4) is 0 Å². The fourth-order valence-corrected chi connectivity index (χ4v) is 3.66. The molecule has 0 radical (unpaired) electrons. The number of esters is 1. The third-order valence-corrected chi connectivity index (χ3v) is 5.43. The average Bonchev–Trinajstić information content (AvgIpc) is 2.89.